The minimum Gasteiger partial charge on any atom is -0.328 e. The molecule has 0 saturated carbocycles. The van der Waals surface area contributed by atoms with Crippen LogP contribution in [0, 0.1) is 5.82 Å². The highest BCUT2D eigenvalue weighted by atomic mass is 19.4. The van der Waals surface area contributed by atoms with Crippen LogP contribution < -0.4 is 5.32 Å². The monoisotopic (exact) mass is 498 g/mol. The highest BCUT2D eigenvalue weighted by molar-refractivity contribution is 5.81. The van der Waals surface area contributed by atoms with Gasteiger partial charge in [-0.3, -0.25) is 4.98 Å². The minimum absolute atomic E-state index is 0.0279. The summed E-state index contributed by atoms with van der Waals surface area (Å²) in [6.45, 7) is 5.59. The van der Waals surface area contributed by atoms with Crippen LogP contribution in [0.2, 0.25) is 0 Å². The Hall–Kier alpha value is -2.62. The molecule has 10 heteroatoms. The summed E-state index contributed by atoms with van der Waals surface area (Å²) in [5, 5.41) is 3.46. The molecule has 190 valence electrons. The third-order valence-electron chi connectivity index (χ3n) is 6.67. The number of nitrogens with zero attached hydrogens (tertiary/aromatic N) is 3. The number of piperidine rings is 1. The number of pyridine rings is 1. The summed E-state index contributed by atoms with van der Waals surface area (Å²) in [6.07, 6.45) is -2.48. The molecular weight excluding hydrogens is 470 g/mol. The molecule has 3 atom stereocenters. The van der Waals surface area contributed by atoms with Crippen LogP contribution in [0.15, 0.2) is 30.7 Å². The number of hydrogen-bond donors (Lipinski definition) is 1. The number of fused-ring (bicyclic) bond motifs is 1. The second kappa shape index (κ2) is 9.79. The molecule has 3 unspecified atom stereocenters. The Morgan fingerprint density at radius 2 is 1.86 bits per heavy atom. The first-order chi connectivity index (χ1) is 16.4. The number of hydrogen-bond acceptors (Lipinski definition) is 3. The topological polar surface area (TPSA) is 42.7 Å². The lowest BCUT2D eigenvalue weighted by Crippen LogP contribution is -2.43. The van der Waals surface area contributed by atoms with Gasteiger partial charge in [-0.15, -0.1) is 0 Å². The lowest BCUT2D eigenvalue weighted by atomic mass is 9.82. The zero-order valence-electron chi connectivity index (χ0n) is 19.7. The SMILES string of the molecule is CC1CC(c2cnc(C(F)F)c(F)c2)CC(CCc2cc(C(F)(F)F)c3c(c2)ncn3C(C)C)N1. The van der Waals surface area contributed by atoms with Gasteiger partial charge in [-0.1, -0.05) is 0 Å². The highest BCUT2D eigenvalue weighted by Gasteiger charge is 2.35. The lowest BCUT2D eigenvalue weighted by molar-refractivity contribution is -0.136. The molecule has 35 heavy (non-hydrogen) atoms. The standard InChI is InChI=1S/C25H28F6N4/c1-13(2)35-12-33-21-8-15(7-19(23(21)35)25(29,30)31)4-5-18-9-16(6-14(3)34-18)17-10-20(26)22(24(27)28)32-11-17/h7-8,10-14,16,18,24,34H,4-6,9H2,1-3H3. The maximum Gasteiger partial charge on any atom is 0.418 e. The van der Waals surface area contributed by atoms with E-state index in [0.29, 0.717) is 42.3 Å². The van der Waals surface area contributed by atoms with Crippen molar-refractivity contribution in [1.29, 1.82) is 0 Å². The fraction of sp³-hybridized carbons (Fsp3) is 0.520. The van der Waals surface area contributed by atoms with E-state index in [9.17, 15) is 26.3 Å². The van der Waals surface area contributed by atoms with Crippen molar-refractivity contribution in [2.45, 2.75) is 83.1 Å². The molecule has 3 heterocycles. The van der Waals surface area contributed by atoms with E-state index >= 15 is 0 Å². The number of imidazole rings is 1. The molecule has 0 radical (unpaired) electrons. The van der Waals surface area contributed by atoms with Gasteiger partial charge in [0, 0.05) is 24.3 Å². The third kappa shape index (κ3) is 5.47. The molecule has 0 amide bonds. The van der Waals surface area contributed by atoms with Crippen molar-refractivity contribution in [3.8, 4) is 0 Å². The van der Waals surface area contributed by atoms with Crippen molar-refractivity contribution < 1.29 is 26.3 Å². The Bertz CT molecular complexity index is 1190. The van der Waals surface area contributed by atoms with Crippen LogP contribution in [0.25, 0.3) is 11.0 Å². The van der Waals surface area contributed by atoms with Gasteiger partial charge in [-0.25, -0.2) is 18.2 Å². The number of aryl methyl sites for hydroxylation is 1. The third-order valence-corrected chi connectivity index (χ3v) is 6.67. The van der Waals surface area contributed by atoms with E-state index < -0.39 is 29.7 Å². The average Bonchev–Trinajstić information content (AvgIpc) is 3.20. The molecule has 1 N–H and O–H groups in total. The summed E-state index contributed by atoms with van der Waals surface area (Å²) in [5.74, 6) is -1.10. The van der Waals surface area contributed by atoms with Crippen LogP contribution in [-0.4, -0.2) is 26.6 Å². The van der Waals surface area contributed by atoms with Crippen molar-refractivity contribution in [3.05, 3.63) is 58.9 Å². The molecule has 4 rings (SSSR count). The number of alkyl halides is 5. The number of halogens is 6. The maximum absolute atomic E-state index is 14.1. The van der Waals surface area contributed by atoms with Gasteiger partial charge in [0.25, 0.3) is 6.43 Å². The first-order valence-corrected chi connectivity index (χ1v) is 11.7. The molecule has 1 aliphatic rings. The number of rotatable bonds is 6. The van der Waals surface area contributed by atoms with Gasteiger partial charge in [-0.05, 0) is 81.7 Å². The van der Waals surface area contributed by atoms with E-state index in [1.54, 1.807) is 6.07 Å². The average molecular weight is 499 g/mol. The van der Waals surface area contributed by atoms with Gasteiger partial charge in [0.15, 0.2) is 5.82 Å². The fourth-order valence-electron chi connectivity index (χ4n) is 5.05. The summed E-state index contributed by atoms with van der Waals surface area (Å²) < 4.78 is 82.9. The van der Waals surface area contributed by atoms with Crippen molar-refractivity contribution in [3.63, 3.8) is 0 Å². The van der Waals surface area contributed by atoms with Crippen molar-refractivity contribution in [2.24, 2.45) is 0 Å². The highest BCUT2D eigenvalue weighted by Crippen LogP contribution is 2.37. The Balaban J connectivity index is 1.53. The predicted octanol–water partition coefficient (Wildman–Crippen LogP) is 6.96. The summed E-state index contributed by atoms with van der Waals surface area (Å²) in [5.41, 5.74) is -0.0491. The van der Waals surface area contributed by atoms with Crippen LogP contribution in [0.1, 0.15) is 80.8 Å². The van der Waals surface area contributed by atoms with Gasteiger partial charge in [-0.2, -0.15) is 13.2 Å². The van der Waals surface area contributed by atoms with E-state index in [4.69, 9.17) is 0 Å². The van der Waals surface area contributed by atoms with Crippen molar-refractivity contribution in [1.82, 2.24) is 19.9 Å². The zero-order valence-corrected chi connectivity index (χ0v) is 19.7. The van der Waals surface area contributed by atoms with Gasteiger partial charge in [0.2, 0.25) is 0 Å². The predicted molar refractivity (Wildman–Crippen MR) is 121 cm³/mol. The Morgan fingerprint density at radius 1 is 1.11 bits per heavy atom. The second-order valence-corrected chi connectivity index (χ2v) is 9.66. The van der Waals surface area contributed by atoms with Crippen molar-refractivity contribution in [2.75, 3.05) is 0 Å². The van der Waals surface area contributed by atoms with E-state index in [-0.39, 0.29) is 29.6 Å². The molecule has 0 bridgehead atoms. The quantitative estimate of drug-likeness (QED) is 0.374. The normalized spacial score (nSPS) is 21.4. The van der Waals surface area contributed by atoms with Crippen LogP contribution in [-0.2, 0) is 12.6 Å². The number of benzene rings is 1. The van der Waals surface area contributed by atoms with Gasteiger partial charge in [0.1, 0.15) is 5.69 Å². The molecule has 3 aromatic rings. The molecule has 0 aliphatic carbocycles. The second-order valence-electron chi connectivity index (χ2n) is 9.66. The van der Waals surface area contributed by atoms with E-state index in [1.165, 1.54) is 23.2 Å². The maximum atomic E-state index is 14.1. The molecule has 2 aromatic heterocycles. The lowest BCUT2D eigenvalue weighted by Gasteiger charge is -2.35. The van der Waals surface area contributed by atoms with Crippen LogP contribution >= 0.6 is 0 Å². The molecule has 1 aromatic carbocycles. The largest absolute Gasteiger partial charge is 0.418 e. The van der Waals surface area contributed by atoms with Crippen LogP contribution in [0.4, 0.5) is 26.3 Å². The number of nitrogens with one attached hydrogen (secondary N) is 1. The molecule has 4 nitrogen and oxygen atoms in total. The summed E-state index contributed by atoms with van der Waals surface area (Å²) in [6, 6.07) is 3.92. The smallest absolute Gasteiger partial charge is 0.328 e. The van der Waals surface area contributed by atoms with E-state index in [1.807, 2.05) is 20.8 Å². The van der Waals surface area contributed by atoms with Crippen molar-refractivity contribution >= 4 is 11.0 Å². The van der Waals surface area contributed by atoms with Gasteiger partial charge < -0.3 is 9.88 Å². The zero-order chi connectivity index (χ0) is 25.5. The molecule has 1 fully saturated rings. The molecular formula is C25H28F6N4. The molecule has 1 saturated heterocycles. The van der Waals surface area contributed by atoms with Crippen LogP contribution in [0.3, 0.4) is 0 Å². The first kappa shape index (κ1) is 25.5. The molecule has 1 aliphatic heterocycles. The Labute approximate surface area is 199 Å². The summed E-state index contributed by atoms with van der Waals surface area (Å²) >= 11 is 0. The minimum atomic E-state index is -4.51. The molecule has 0 spiro atoms. The Morgan fingerprint density at radius 3 is 2.49 bits per heavy atom. The first-order valence-electron chi connectivity index (χ1n) is 11.7. The Kier molecular flexibility index (Phi) is 7.13. The van der Waals surface area contributed by atoms with Gasteiger partial charge in [0.05, 0.1) is 22.9 Å². The van der Waals surface area contributed by atoms with Crippen LogP contribution in [0.5, 0.6) is 0 Å². The summed E-state index contributed by atoms with van der Waals surface area (Å²) in [4.78, 5) is 7.82. The summed E-state index contributed by atoms with van der Waals surface area (Å²) in [7, 11) is 0. The van der Waals surface area contributed by atoms with E-state index in [0.717, 1.165) is 6.07 Å². The van der Waals surface area contributed by atoms with E-state index in [2.05, 4.69) is 15.3 Å². The number of aromatic nitrogens is 3. The fourth-order valence-corrected chi connectivity index (χ4v) is 5.05. The van der Waals surface area contributed by atoms with Gasteiger partial charge >= 0.3 is 6.18 Å².